The second kappa shape index (κ2) is 6.92. The van der Waals surface area contributed by atoms with Crippen molar-refractivity contribution in [2.45, 2.75) is 12.6 Å². The summed E-state index contributed by atoms with van der Waals surface area (Å²) in [5, 5.41) is 7.47. The molecule has 0 amide bonds. The van der Waals surface area contributed by atoms with Gasteiger partial charge in [-0.25, -0.2) is 4.39 Å². The lowest BCUT2D eigenvalue weighted by molar-refractivity contribution is 0.182. The molecule has 0 bridgehead atoms. The molecule has 2 aromatic heterocycles. The van der Waals surface area contributed by atoms with Crippen molar-refractivity contribution in [3.63, 3.8) is 0 Å². The number of halogens is 2. The zero-order valence-corrected chi connectivity index (χ0v) is 12.9. The average Bonchev–Trinajstić information content (AvgIpc) is 2.79. The van der Waals surface area contributed by atoms with Gasteiger partial charge in [0.1, 0.15) is 5.82 Å². The largest absolute Gasteiger partial charge is 0.383 e. The molecule has 0 aliphatic heterocycles. The molecule has 1 atom stereocenters. The molecule has 0 radical (unpaired) electrons. The maximum Gasteiger partial charge on any atom is 0.141 e. The highest BCUT2D eigenvalue weighted by Gasteiger charge is 2.21. The lowest BCUT2D eigenvalue weighted by atomic mass is 10.1. The van der Waals surface area contributed by atoms with Crippen LogP contribution >= 0.6 is 15.9 Å². The van der Waals surface area contributed by atoms with Crippen LogP contribution in [0.1, 0.15) is 17.3 Å². The Morgan fingerprint density at radius 3 is 2.90 bits per heavy atom. The van der Waals surface area contributed by atoms with E-state index in [1.807, 2.05) is 11.7 Å². The molecule has 0 aliphatic rings. The van der Waals surface area contributed by atoms with Gasteiger partial charge in [-0.05, 0) is 34.6 Å². The smallest absolute Gasteiger partial charge is 0.141 e. The molecule has 20 heavy (non-hydrogen) atoms. The van der Waals surface area contributed by atoms with Crippen molar-refractivity contribution in [3.8, 4) is 0 Å². The molecule has 5 nitrogen and oxygen atoms in total. The van der Waals surface area contributed by atoms with Crippen molar-refractivity contribution in [2.75, 3.05) is 20.8 Å². The quantitative estimate of drug-likeness (QED) is 0.873. The van der Waals surface area contributed by atoms with Crippen molar-refractivity contribution in [1.29, 1.82) is 0 Å². The second-order valence-corrected chi connectivity index (χ2v) is 5.11. The summed E-state index contributed by atoms with van der Waals surface area (Å²) in [5.41, 5.74) is 1.66. The van der Waals surface area contributed by atoms with Crippen LogP contribution in [0.4, 0.5) is 4.39 Å². The second-order valence-electron chi connectivity index (χ2n) is 4.25. The van der Waals surface area contributed by atoms with Gasteiger partial charge in [0.2, 0.25) is 0 Å². The number of methoxy groups -OCH3 is 1. The van der Waals surface area contributed by atoms with Crippen molar-refractivity contribution >= 4 is 15.9 Å². The number of nitrogens with one attached hydrogen (secondary N) is 1. The predicted molar refractivity (Wildman–Crippen MR) is 76.9 cm³/mol. The maximum absolute atomic E-state index is 13.4. The van der Waals surface area contributed by atoms with Crippen LogP contribution in [0.5, 0.6) is 0 Å². The molecule has 7 heteroatoms. The molecule has 0 spiro atoms. The van der Waals surface area contributed by atoms with Crippen molar-refractivity contribution in [1.82, 2.24) is 20.1 Å². The van der Waals surface area contributed by atoms with Gasteiger partial charge < -0.3 is 10.1 Å². The Balaban J connectivity index is 2.38. The maximum atomic E-state index is 13.4. The molecular weight excluding hydrogens is 327 g/mol. The average molecular weight is 343 g/mol. The summed E-state index contributed by atoms with van der Waals surface area (Å²) in [6.45, 7) is 1.18. The fraction of sp³-hybridized carbons (Fsp3) is 0.385. The van der Waals surface area contributed by atoms with Crippen LogP contribution in [0.2, 0.25) is 0 Å². The van der Waals surface area contributed by atoms with Crippen molar-refractivity contribution < 1.29 is 9.13 Å². The summed E-state index contributed by atoms with van der Waals surface area (Å²) in [6.07, 6.45) is 4.56. The zero-order valence-electron chi connectivity index (χ0n) is 11.3. The predicted octanol–water partition coefficient (Wildman–Crippen LogP) is 2.13. The number of aromatic nitrogens is 3. The number of hydrogen-bond donors (Lipinski definition) is 1. The summed E-state index contributed by atoms with van der Waals surface area (Å²) >= 11 is 3.49. The minimum atomic E-state index is -0.359. The van der Waals surface area contributed by atoms with E-state index in [1.165, 1.54) is 12.3 Å². The molecule has 0 aromatic carbocycles. The lowest BCUT2D eigenvalue weighted by Gasteiger charge is -2.19. The summed E-state index contributed by atoms with van der Waals surface area (Å²) < 4.78 is 21.1. The minimum absolute atomic E-state index is 0.202. The highest BCUT2D eigenvalue weighted by molar-refractivity contribution is 9.10. The van der Waals surface area contributed by atoms with Crippen molar-refractivity contribution in [2.24, 2.45) is 0 Å². The number of hydrogen-bond acceptors (Lipinski definition) is 4. The lowest BCUT2D eigenvalue weighted by Crippen LogP contribution is -2.23. The van der Waals surface area contributed by atoms with E-state index in [2.05, 4.69) is 31.3 Å². The van der Waals surface area contributed by atoms with E-state index in [0.717, 1.165) is 15.7 Å². The third kappa shape index (κ3) is 3.23. The van der Waals surface area contributed by atoms with Crippen LogP contribution in [0.15, 0.2) is 29.1 Å². The Morgan fingerprint density at radius 2 is 2.25 bits per heavy atom. The molecule has 2 heterocycles. The molecule has 0 saturated heterocycles. The standard InChI is InChI=1S/C13H16BrFN4O/c1-16-12(9-5-10(15)7-17-6-9)13-11(14)8-18-19(13)3-4-20-2/h5-8,12,16H,3-4H2,1-2H3. The Morgan fingerprint density at radius 1 is 1.45 bits per heavy atom. The number of pyridine rings is 1. The molecule has 2 aromatic rings. The van der Waals surface area contributed by atoms with E-state index >= 15 is 0 Å². The molecular formula is C13H16BrFN4O. The van der Waals surface area contributed by atoms with E-state index in [4.69, 9.17) is 4.74 Å². The summed E-state index contributed by atoms with van der Waals surface area (Å²) in [7, 11) is 3.46. The van der Waals surface area contributed by atoms with Crippen LogP contribution in [0, 0.1) is 5.82 Å². The molecule has 0 fully saturated rings. The van der Waals surface area contributed by atoms with Crippen LogP contribution in [0.3, 0.4) is 0 Å². The molecule has 108 valence electrons. The normalized spacial score (nSPS) is 12.6. The van der Waals surface area contributed by atoms with E-state index in [-0.39, 0.29) is 11.9 Å². The Hall–Kier alpha value is -1.31. The summed E-state index contributed by atoms with van der Waals surface area (Å²) in [4.78, 5) is 3.90. The number of nitrogens with zero attached hydrogens (tertiary/aromatic N) is 3. The molecule has 1 unspecified atom stereocenters. The Bertz CT molecular complexity index is 575. The van der Waals surface area contributed by atoms with Gasteiger partial charge in [0.15, 0.2) is 0 Å². The van der Waals surface area contributed by atoms with Crippen LogP contribution in [-0.2, 0) is 11.3 Å². The molecule has 0 aliphatic carbocycles. The van der Waals surface area contributed by atoms with Gasteiger partial charge in [0.05, 0.1) is 41.8 Å². The first-order valence-corrected chi connectivity index (χ1v) is 6.94. The van der Waals surface area contributed by atoms with E-state index in [1.54, 1.807) is 19.5 Å². The molecule has 0 saturated carbocycles. The van der Waals surface area contributed by atoms with Crippen molar-refractivity contribution in [3.05, 3.63) is 46.2 Å². The highest BCUT2D eigenvalue weighted by Crippen LogP contribution is 2.28. The summed E-state index contributed by atoms with van der Waals surface area (Å²) in [6, 6.07) is 1.26. The van der Waals surface area contributed by atoms with Gasteiger partial charge >= 0.3 is 0 Å². The highest BCUT2D eigenvalue weighted by atomic mass is 79.9. The van der Waals surface area contributed by atoms with Crippen LogP contribution in [-0.4, -0.2) is 35.5 Å². The molecule has 1 N–H and O–H groups in total. The minimum Gasteiger partial charge on any atom is -0.383 e. The Labute approximate surface area is 125 Å². The van der Waals surface area contributed by atoms with Crippen LogP contribution in [0.25, 0.3) is 0 Å². The van der Waals surface area contributed by atoms with E-state index in [9.17, 15) is 4.39 Å². The monoisotopic (exact) mass is 342 g/mol. The van der Waals surface area contributed by atoms with Gasteiger partial charge in [0.25, 0.3) is 0 Å². The molecule has 2 rings (SSSR count). The van der Waals surface area contributed by atoms with E-state index < -0.39 is 0 Å². The van der Waals surface area contributed by atoms with Gasteiger partial charge in [-0.2, -0.15) is 5.10 Å². The first kappa shape index (κ1) is 15.1. The first-order valence-electron chi connectivity index (χ1n) is 6.15. The van der Waals surface area contributed by atoms with Gasteiger partial charge in [-0.15, -0.1) is 0 Å². The third-order valence-corrected chi connectivity index (χ3v) is 3.57. The third-order valence-electron chi connectivity index (χ3n) is 2.96. The van der Waals surface area contributed by atoms with Gasteiger partial charge in [-0.1, -0.05) is 0 Å². The topological polar surface area (TPSA) is 52.0 Å². The summed E-state index contributed by atoms with van der Waals surface area (Å²) in [5.74, 6) is -0.359. The van der Waals surface area contributed by atoms with Crippen LogP contribution < -0.4 is 5.32 Å². The van der Waals surface area contributed by atoms with E-state index in [0.29, 0.717) is 13.2 Å². The number of rotatable bonds is 6. The Kier molecular flexibility index (Phi) is 5.22. The SMILES string of the molecule is CNC(c1cncc(F)c1)c1c(Br)cnn1CCOC. The zero-order chi connectivity index (χ0) is 14.5. The van der Waals surface area contributed by atoms with Gasteiger partial charge in [-0.3, -0.25) is 9.67 Å². The van der Waals surface area contributed by atoms with Gasteiger partial charge in [0, 0.05) is 13.3 Å². The first-order chi connectivity index (χ1) is 9.67. The fourth-order valence-corrected chi connectivity index (χ4v) is 2.59. The number of ether oxygens (including phenoxy) is 1. The fourth-order valence-electron chi connectivity index (χ4n) is 2.06.